The first-order chi connectivity index (χ1) is 14.8. The van der Waals surface area contributed by atoms with Crippen molar-refractivity contribution in [3.8, 4) is 5.69 Å². The second-order valence-corrected chi connectivity index (χ2v) is 8.00. The summed E-state index contributed by atoms with van der Waals surface area (Å²) in [5.41, 5.74) is 7.90. The number of nitrogens with two attached hydrogens (primary N) is 1. The molecule has 2 aromatic heterocycles. The van der Waals surface area contributed by atoms with Crippen molar-refractivity contribution in [2.45, 2.75) is 32.3 Å². The van der Waals surface area contributed by atoms with Gasteiger partial charge in [-0.15, -0.1) is 11.3 Å². The number of fused-ring (bicyclic) bond motifs is 1. The summed E-state index contributed by atoms with van der Waals surface area (Å²) >= 11 is 1.14. The number of halogens is 1. The highest BCUT2D eigenvalue weighted by molar-refractivity contribution is 7.14. The Kier molecular flexibility index (Phi) is 5.55. The van der Waals surface area contributed by atoms with Crippen molar-refractivity contribution in [3.05, 3.63) is 64.0 Å². The van der Waals surface area contributed by atoms with E-state index < -0.39 is 23.9 Å². The Morgan fingerprint density at radius 1 is 1.23 bits per heavy atom. The maximum atomic E-state index is 13.3. The van der Waals surface area contributed by atoms with Gasteiger partial charge in [0.25, 0.3) is 11.8 Å². The number of carbonyl (C=O) groups is 3. The number of hydrogen-bond donors (Lipinski definition) is 2. The highest BCUT2D eigenvalue weighted by Crippen LogP contribution is 2.29. The molecule has 0 aliphatic heterocycles. The molecule has 10 heteroatoms. The van der Waals surface area contributed by atoms with Crippen molar-refractivity contribution >= 4 is 34.1 Å². The van der Waals surface area contributed by atoms with Gasteiger partial charge in [-0.05, 0) is 61.9 Å². The Labute approximate surface area is 180 Å². The highest BCUT2D eigenvalue weighted by atomic mass is 32.1. The molecule has 0 saturated heterocycles. The molecule has 0 radical (unpaired) electrons. The predicted molar refractivity (Wildman–Crippen MR) is 112 cm³/mol. The van der Waals surface area contributed by atoms with Crippen LogP contribution < -0.4 is 11.1 Å². The van der Waals surface area contributed by atoms with Crippen LogP contribution in [0.1, 0.15) is 45.4 Å². The number of anilines is 1. The lowest BCUT2D eigenvalue weighted by atomic mass is 10.2. The van der Waals surface area contributed by atoms with Gasteiger partial charge in [-0.25, -0.2) is 13.9 Å². The van der Waals surface area contributed by atoms with E-state index in [-0.39, 0.29) is 17.1 Å². The van der Waals surface area contributed by atoms with Crippen molar-refractivity contribution in [1.29, 1.82) is 0 Å². The molecule has 2 amide bonds. The standard InChI is InChI=1S/C21H19FN4O4S/c1-11(19(28)24-20-15(18(23)27)9-10-31-20)30-21(29)17-14-3-2-4-16(14)26(25-17)13-7-5-12(22)6-8-13/h5-11H,2-4H2,1H3,(H2,23,27)(H,24,28). The molecule has 4 rings (SSSR count). The van der Waals surface area contributed by atoms with Gasteiger partial charge in [0.1, 0.15) is 10.8 Å². The number of primary amides is 1. The Bertz CT molecular complexity index is 1170. The summed E-state index contributed by atoms with van der Waals surface area (Å²) in [6.45, 7) is 1.43. The van der Waals surface area contributed by atoms with Gasteiger partial charge in [-0.2, -0.15) is 5.10 Å². The van der Waals surface area contributed by atoms with Gasteiger partial charge in [0.05, 0.1) is 11.3 Å². The van der Waals surface area contributed by atoms with Crippen LogP contribution in [-0.2, 0) is 22.4 Å². The van der Waals surface area contributed by atoms with E-state index in [1.807, 2.05) is 0 Å². The van der Waals surface area contributed by atoms with E-state index in [1.165, 1.54) is 25.1 Å². The second kappa shape index (κ2) is 8.31. The van der Waals surface area contributed by atoms with Gasteiger partial charge in [-0.3, -0.25) is 9.59 Å². The third-order valence-electron chi connectivity index (χ3n) is 5.02. The molecule has 160 valence electrons. The molecule has 8 nitrogen and oxygen atoms in total. The molecule has 0 fully saturated rings. The van der Waals surface area contributed by atoms with E-state index >= 15 is 0 Å². The molecule has 3 N–H and O–H groups in total. The van der Waals surface area contributed by atoms with Gasteiger partial charge in [-0.1, -0.05) is 0 Å². The van der Waals surface area contributed by atoms with Crippen LogP contribution in [0.25, 0.3) is 5.69 Å². The fraction of sp³-hybridized carbons (Fsp3) is 0.238. The zero-order valence-electron chi connectivity index (χ0n) is 16.6. The molecule has 3 aromatic rings. The Morgan fingerprint density at radius 3 is 2.68 bits per heavy atom. The minimum atomic E-state index is -1.12. The molecule has 0 saturated carbocycles. The summed E-state index contributed by atoms with van der Waals surface area (Å²) in [4.78, 5) is 36.6. The number of amides is 2. The van der Waals surface area contributed by atoms with E-state index in [0.717, 1.165) is 35.4 Å². The smallest absolute Gasteiger partial charge is 0.359 e. The third kappa shape index (κ3) is 4.06. The first-order valence-electron chi connectivity index (χ1n) is 9.61. The first kappa shape index (κ1) is 20.7. The highest BCUT2D eigenvalue weighted by Gasteiger charge is 2.30. The zero-order valence-corrected chi connectivity index (χ0v) is 17.4. The number of aromatic nitrogens is 2. The fourth-order valence-corrected chi connectivity index (χ4v) is 4.28. The number of ether oxygens (including phenoxy) is 1. The minimum absolute atomic E-state index is 0.144. The zero-order chi connectivity index (χ0) is 22.1. The first-order valence-corrected chi connectivity index (χ1v) is 10.5. The van der Waals surface area contributed by atoms with Crippen molar-refractivity contribution in [2.75, 3.05) is 5.32 Å². The normalized spacial score (nSPS) is 13.5. The Morgan fingerprint density at radius 2 is 1.97 bits per heavy atom. The van der Waals surface area contributed by atoms with Crippen LogP contribution in [0, 0.1) is 5.82 Å². The van der Waals surface area contributed by atoms with Crippen molar-refractivity contribution < 1.29 is 23.5 Å². The predicted octanol–water partition coefficient (Wildman–Crippen LogP) is 2.84. The van der Waals surface area contributed by atoms with Crippen molar-refractivity contribution in [2.24, 2.45) is 5.73 Å². The number of esters is 1. The second-order valence-electron chi connectivity index (χ2n) is 7.08. The van der Waals surface area contributed by atoms with Crippen LogP contribution in [0.2, 0.25) is 0 Å². The molecule has 1 aromatic carbocycles. The quantitative estimate of drug-likeness (QED) is 0.570. The summed E-state index contributed by atoms with van der Waals surface area (Å²) < 4.78 is 20.2. The van der Waals surface area contributed by atoms with Crippen molar-refractivity contribution in [1.82, 2.24) is 9.78 Å². The monoisotopic (exact) mass is 442 g/mol. The largest absolute Gasteiger partial charge is 0.448 e. The van der Waals surface area contributed by atoms with E-state index in [2.05, 4.69) is 10.4 Å². The topological polar surface area (TPSA) is 116 Å². The average molecular weight is 442 g/mol. The maximum absolute atomic E-state index is 13.3. The van der Waals surface area contributed by atoms with Crippen LogP contribution in [-0.4, -0.2) is 33.7 Å². The molecule has 1 aliphatic rings. The molecule has 1 aliphatic carbocycles. The number of benzene rings is 1. The lowest BCUT2D eigenvalue weighted by Crippen LogP contribution is -2.30. The summed E-state index contributed by atoms with van der Waals surface area (Å²) in [6, 6.07) is 7.33. The summed E-state index contributed by atoms with van der Waals surface area (Å²) in [7, 11) is 0. The average Bonchev–Trinajstić information content (AvgIpc) is 3.45. The third-order valence-corrected chi connectivity index (χ3v) is 5.85. The number of hydrogen-bond acceptors (Lipinski definition) is 6. The summed E-state index contributed by atoms with van der Waals surface area (Å²) in [5, 5.41) is 8.86. The van der Waals surface area contributed by atoms with Crippen LogP contribution in [0.4, 0.5) is 9.39 Å². The number of thiophene rings is 1. The minimum Gasteiger partial charge on any atom is -0.448 e. The molecule has 0 spiro atoms. The number of rotatable bonds is 6. The lowest BCUT2D eigenvalue weighted by Gasteiger charge is -2.13. The Hall–Kier alpha value is -3.53. The van der Waals surface area contributed by atoms with Crippen LogP contribution >= 0.6 is 11.3 Å². The van der Waals surface area contributed by atoms with E-state index in [9.17, 15) is 18.8 Å². The van der Waals surface area contributed by atoms with Gasteiger partial charge in [0.15, 0.2) is 11.8 Å². The summed E-state index contributed by atoms with van der Waals surface area (Å²) in [6.07, 6.45) is 1.14. The van der Waals surface area contributed by atoms with Crippen molar-refractivity contribution in [3.63, 3.8) is 0 Å². The molecular formula is C21H19FN4O4S. The SMILES string of the molecule is CC(OC(=O)c1nn(-c2ccc(F)cc2)c2c1CCC2)C(=O)Nc1sccc1C(N)=O. The maximum Gasteiger partial charge on any atom is 0.359 e. The molecule has 1 unspecified atom stereocenters. The molecule has 31 heavy (non-hydrogen) atoms. The number of nitrogens with zero attached hydrogens (tertiary/aromatic N) is 2. The van der Waals surface area contributed by atoms with Gasteiger partial charge >= 0.3 is 5.97 Å². The van der Waals surface area contributed by atoms with E-state index in [0.29, 0.717) is 17.1 Å². The fourth-order valence-electron chi connectivity index (χ4n) is 3.48. The molecular weight excluding hydrogens is 423 g/mol. The van der Waals surface area contributed by atoms with Gasteiger partial charge < -0.3 is 15.8 Å². The summed E-state index contributed by atoms with van der Waals surface area (Å²) in [5.74, 6) is -2.34. The molecule has 1 atom stereocenters. The van der Waals surface area contributed by atoms with Crippen LogP contribution in [0.3, 0.4) is 0 Å². The molecule has 2 heterocycles. The van der Waals surface area contributed by atoms with E-state index in [1.54, 1.807) is 22.2 Å². The Balaban J connectivity index is 1.51. The number of carbonyl (C=O) groups excluding carboxylic acids is 3. The van der Waals surface area contributed by atoms with Crippen LogP contribution in [0.15, 0.2) is 35.7 Å². The number of nitrogens with one attached hydrogen (secondary N) is 1. The van der Waals surface area contributed by atoms with Gasteiger partial charge in [0.2, 0.25) is 0 Å². The molecule has 0 bridgehead atoms. The lowest BCUT2D eigenvalue weighted by molar-refractivity contribution is -0.123. The van der Waals surface area contributed by atoms with E-state index in [4.69, 9.17) is 10.5 Å². The van der Waals surface area contributed by atoms with Crippen LogP contribution in [0.5, 0.6) is 0 Å². The van der Waals surface area contributed by atoms with Gasteiger partial charge in [0, 0.05) is 11.3 Å².